The smallest absolute Gasteiger partial charge is 0.162 e. The van der Waals surface area contributed by atoms with Gasteiger partial charge in [-0.25, -0.2) is 0 Å². The average molecular weight is 220 g/mol. The van der Waals surface area contributed by atoms with Crippen molar-refractivity contribution in [1.82, 2.24) is 0 Å². The highest BCUT2D eigenvalue weighted by molar-refractivity contribution is 5.99. The van der Waals surface area contributed by atoms with Crippen molar-refractivity contribution in [1.29, 1.82) is 0 Å². The highest BCUT2D eigenvalue weighted by Crippen LogP contribution is 2.54. The summed E-state index contributed by atoms with van der Waals surface area (Å²) in [6.45, 7) is 11.1. The zero-order chi connectivity index (χ0) is 12.1. The van der Waals surface area contributed by atoms with Crippen LogP contribution in [0.25, 0.3) is 0 Å². The van der Waals surface area contributed by atoms with Gasteiger partial charge in [0.15, 0.2) is 5.78 Å². The summed E-state index contributed by atoms with van der Waals surface area (Å²) in [4.78, 5) is 12.5. The minimum atomic E-state index is 0.314. The molecule has 0 saturated heterocycles. The van der Waals surface area contributed by atoms with E-state index in [-0.39, 0.29) is 0 Å². The van der Waals surface area contributed by atoms with Gasteiger partial charge in [-0.15, -0.1) is 0 Å². The van der Waals surface area contributed by atoms with E-state index in [1.54, 1.807) is 0 Å². The van der Waals surface area contributed by atoms with Crippen LogP contribution < -0.4 is 0 Å². The third kappa shape index (κ3) is 1.65. The molecule has 0 spiro atoms. The van der Waals surface area contributed by atoms with E-state index >= 15 is 0 Å². The van der Waals surface area contributed by atoms with Gasteiger partial charge >= 0.3 is 0 Å². The summed E-state index contributed by atoms with van der Waals surface area (Å²) in [6, 6.07) is 0. The summed E-state index contributed by atoms with van der Waals surface area (Å²) >= 11 is 0. The number of hydrogen-bond donors (Lipinski definition) is 0. The maximum atomic E-state index is 12.5. The Hall–Kier alpha value is -0.590. The molecule has 0 aromatic carbocycles. The lowest BCUT2D eigenvalue weighted by Crippen LogP contribution is -2.40. The molecule has 2 aliphatic carbocycles. The highest BCUT2D eigenvalue weighted by Gasteiger charge is 2.50. The van der Waals surface area contributed by atoms with Gasteiger partial charge in [0.25, 0.3) is 0 Å². The molecule has 0 heterocycles. The quantitative estimate of drug-likeness (QED) is 0.564. The summed E-state index contributed by atoms with van der Waals surface area (Å²) in [7, 11) is 0. The van der Waals surface area contributed by atoms with Gasteiger partial charge in [-0.05, 0) is 55.9 Å². The molecule has 0 N–H and O–H groups in total. The Balaban J connectivity index is 2.42. The first-order valence-electron chi connectivity index (χ1n) is 6.55. The second-order valence-corrected chi connectivity index (χ2v) is 6.70. The van der Waals surface area contributed by atoms with Gasteiger partial charge in [-0.3, -0.25) is 4.79 Å². The van der Waals surface area contributed by atoms with Gasteiger partial charge in [-0.1, -0.05) is 26.3 Å². The van der Waals surface area contributed by atoms with Crippen molar-refractivity contribution < 1.29 is 4.79 Å². The van der Waals surface area contributed by atoms with Crippen LogP contribution >= 0.6 is 0 Å². The van der Waals surface area contributed by atoms with Crippen LogP contribution in [-0.4, -0.2) is 5.78 Å². The Morgan fingerprint density at radius 3 is 2.44 bits per heavy atom. The lowest BCUT2D eigenvalue weighted by Gasteiger charge is -2.42. The third-order valence-electron chi connectivity index (χ3n) is 4.82. The largest absolute Gasteiger partial charge is 0.294 e. The minimum Gasteiger partial charge on any atom is -0.294 e. The average Bonchev–Trinajstić information content (AvgIpc) is 2.55. The predicted molar refractivity (Wildman–Crippen MR) is 67.2 cm³/mol. The van der Waals surface area contributed by atoms with Crippen LogP contribution in [0.4, 0.5) is 0 Å². The van der Waals surface area contributed by atoms with Crippen LogP contribution in [-0.2, 0) is 4.79 Å². The van der Waals surface area contributed by atoms with E-state index < -0.39 is 0 Å². The van der Waals surface area contributed by atoms with Gasteiger partial charge in [0.1, 0.15) is 0 Å². The topological polar surface area (TPSA) is 17.1 Å². The van der Waals surface area contributed by atoms with Crippen LogP contribution in [0.5, 0.6) is 0 Å². The van der Waals surface area contributed by atoms with Gasteiger partial charge in [-0.2, -0.15) is 0 Å². The molecule has 90 valence electrons. The molecule has 0 aromatic rings. The van der Waals surface area contributed by atoms with Crippen molar-refractivity contribution in [3.05, 3.63) is 11.1 Å². The molecule has 2 aliphatic rings. The van der Waals surface area contributed by atoms with E-state index in [2.05, 4.69) is 34.6 Å². The van der Waals surface area contributed by atoms with E-state index in [4.69, 9.17) is 0 Å². The Bertz CT molecular complexity index is 344. The summed E-state index contributed by atoms with van der Waals surface area (Å²) in [5.41, 5.74) is 2.67. The van der Waals surface area contributed by atoms with Crippen molar-refractivity contribution in [3.63, 3.8) is 0 Å². The van der Waals surface area contributed by atoms with Crippen LogP contribution in [0.2, 0.25) is 0 Å². The van der Waals surface area contributed by atoms with E-state index in [0.717, 1.165) is 12.0 Å². The second kappa shape index (κ2) is 3.72. The molecular formula is C15H24O. The summed E-state index contributed by atoms with van der Waals surface area (Å²) in [5.74, 6) is 1.99. The molecule has 16 heavy (non-hydrogen) atoms. The van der Waals surface area contributed by atoms with Crippen LogP contribution in [0.15, 0.2) is 11.1 Å². The first kappa shape index (κ1) is 11.9. The van der Waals surface area contributed by atoms with Gasteiger partial charge in [0, 0.05) is 5.92 Å². The van der Waals surface area contributed by atoms with Crippen LogP contribution in [0, 0.1) is 23.2 Å². The maximum Gasteiger partial charge on any atom is 0.162 e. The predicted octanol–water partition coefficient (Wildman–Crippen LogP) is 3.98. The van der Waals surface area contributed by atoms with Gasteiger partial charge in [0.2, 0.25) is 0 Å². The Labute approximate surface area is 99.3 Å². The van der Waals surface area contributed by atoms with Crippen molar-refractivity contribution in [2.24, 2.45) is 23.2 Å². The fraction of sp³-hybridized carbons (Fsp3) is 0.800. The Kier molecular flexibility index (Phi) is 2.76. The van der Waals surface area contributed by atoms with Crippen LogP contribution in [0.3, 0.4) is 0 Å². The highest BCUT2D eigenvalue weighted by atomic mass is 16.1. The first-order chi connectivity index (χ1) is 7.34. The molecule has 0 radical (unpaired) electrons. The summed E-state index contributed by atoms with van der Waals surface area (Å²) in [5, 5.41) is 0. The third-order valence-corrected chi connectivity index (χ3v) is 4.82. The lowest BCUT2D eigenvalue weighted by atomic mass is 9.61. The molecule has 2 fully saturated rings. The molecule has 0 amide bonds. The number of ketones is 1. The number of hydrogen-bond acceptors (Lipinski definition) is 1. The van der Waals surface area contributed by atoms with Gasteiger partial charge in [0.05, 0.1) is 0 Å². The van der Waals surface area contributed by atoms with Crippen molar-refractivity contribution in [2.75, 3.05) is 0 Å². The molecule has 0 aromatic heterocycles. The summed E-state index contributed by atoms with van der Waals surface area (Å²) < 4.78 is 0. The number of allylic oxidation sites excluding steroid dienone is 2. The number of carbonyl (C=O) groups excluding carboxylic acids is 1. The zero-order valence-electron chi connectivity index (χ0n) is 11.3. The normalized spacial score (nSPS) is 37.4. The molecule has 0 bridgehead atoms. The molecule has 3 atom stereocenters. The fourth-order valence-electron chi connectivity index (χ4n) is 3.81. The number of fused-ring (bicyclic) bond motifs is 1. The molecule has 1 nitrogen and oxygen atoms in total. The Morgan fingerprint density at radius 2 is 1.88 bits per heavy atom. The number of carbonyl (C=O) groups is 1. The molecule has 1 heteroatoms. The SMILES string of the molecule is CC(C)=C1CC(C)(C)C2CCC(C)C2C1=O. The number of Topliss-reactive ketones (excluding diaryl/α,β-unsaturated/α-hetero) is 1. The fourth-order valence-corrected chi connectivity index (χ4v) is 3.81. The van der Waals surface area contributed by atoms with Gasteiger partial charge < -0.3 is 0 Å². The minimum absolute atomic E-state index is 0.314. The molecule has 3 unspecified atom stereocenters. The monoisotopic (exact) mass is 220 g/mol. The van der Waals surface area contributed by atoms with E-state index in [9.17, 15) is 4.79 Å². The molecule has 2 rings (SSSR count). The zero-order valence-corrected chi connectivity index (χ0v) is 11.3. The van der Waals surface area contributed by atoms with Crippen LogP contribution in [0.1, 0.15) is 53.9 Å². The second-order valence-electron chi connectivity index (χ2n) is 6.70. The molecule has 2 saturated carbocycles. The molecular weight excluding hydrogens is 196 g/mol. The number of rotatable bonds is 0. The first-order valence-corrected chi connectivity index (χ1v) is 6.55. The van der Waals surface area contributed by atoms with Crippen molar-refractivity contribution >= 4 is 5.78 Å². The van der Waals surface area contributed by atoms with E-state index in [1.165, 1.54) is 18.4 Å². The van der Waals surface area contributed by atoms with E-state index in [0.29, 0.717) is 29.0 Å². The Morgan fingerprint density at radius 1 is 1.25 bits per heavy atom. The van der Waals surface area contributed by atoms with Crippen molar-refractivity contribution in [2.45, 2.75) is 53.9 Å². The van der Waals surface area contributed by atoms with E-state index in [1.807, 2.05) is 0 Å². The maximum absolute atomic E-state index is 12.5. The lowest BCUT2D eigenvalue weighted by molar-refractivity contribution is -0.125. The standard InChI is InChI=1S/C15H24O/c1-9(2)11-8-15(4,5)12-7-6-10(3)13(12)14(11)16/h10,12-13H,6-8H2,1-5H3. The molecule has 0 aliphatic heterocycles. The van der Waals surface area contributed by atoms with Crippen molar-refractivity contribution in [3.8, 4) is 0 Å². The summed E-state index contributed by atoms with van der Waals surface area (Å²) in [6.07, 6.45) is 3.48.